The van der Waals surface area contributed by atoms with Crippen LogP contribution in [-0.4, -0.2) is 36.8 Å². The molecule has 0 bridgehead atoms. The first-order valence-electron chi connectivity index (χ1n) is 9.66. The van der Waals surface area contributed by atoms with E-state index in [2.05, 4.69) is 5.32 Å². The molecule has 0 radical (unpaired) electrons. The minimum Gasteiger partial charge on any atom is -0.462 e. The maximum Gasteiger partial charge on any atom is 0.338 e. The highest BCUT2D eigenvalue weighted by Crippen LogP contribution is 2.11. The SMILES string of the molecule is CC(C)COC(=O)c1ccc(NC(=O)COC(=O)CCC(=O)c2ccccc2)cc1. The Kier molecular flexibility index (Phi) is 8.75. The van der Waals surface area contributed by atoms with Crippen molar-refractivity contribution in [1.82, 2.24) is 0 Å². The van der Waals surface area contributed by atoms with E-state index < -0.39 is 24.5 Å². The predicted octanol–water partition coefficient (Wildman–Crippen LogP) is 3.64. The fourth-order valence-electron chi connectivity index (χ4n) is 2.41. The van der Waals surface area contributed by atoms with Crippen LogP contribution in [0.1, 0.15) is 47.4 Å². The van der Waals surface area contributed by atoms with Crippen LogP contribution in [0.25, 0.3) is 0 Å². The molecule has 0 aliphatic rings. The Labute approximate surface area is 175 Å². The minimum atomic E-state index is -0.627. The van der Waals surface area contributed by atoms with Crippen LogP contribution in [0.4, 0.5) is 5.69 Å². The topological polar surface area (TPSA) is 98.8 Å². The number of rotatable bonds is 10. The number of nitrogens with one attached hydrogen (secondary N) is 1. The number of amides is 1. The van der Waals surface area contributed by atoms with Crippen molar-refractivity contribution in [3.63, 3.8) is 0 Å². The highest BCUT2D eigenvalue weighted by molar-refractivity contribution is 5.98. The normalized spacial score (nSPS) is 10.4. The van der Waals surface area contributed by atoms with Gasteiger partial charge in [0.15, 0.2) is 12.4 Å². The molecule has 158 valence electrons. The number of ether oxygens (including phenoxy) is 2. The molecule has 0 atom stereocenters. The Morgan fingerprint density at radius 1 is 0.833 bits per heavy atom. The molecule has 0 spiro atoms. The summed E-state index contributed by atoms with van der Waals surface area (Å²) in [6.45, 7) is 3.76. The molecular weight excluding hydrogens is 386 g/mol. The summed E-state index contributed by atoms with van der Waals surface area (Å²) < 4.78 is 10.0. The molecule has 2 aromatic carbocycles. The summed E-state index contributed by atoms with van der Waals surface area (Å²) >= 11 is 0. The molecule has 0 saturated heterocycles. The van der Waals surface area contributed by atoms with Gasteiger partial charge in [-0.05, 0) is 30.2 Å². The summed E-state index contributed by atoms with van der Waals surface area (Å²) in [7, 11) is 0. The molecule has 0 aliphatic heterocycles. The Balaban J connectivity index is 1.71. The molecular formula is C23H25NO6. The van der Waals surface area contributed by atoms with E-state index in [0.29, 0.717) is 23.4 Å². The van der Waals surface area contributed by atoms with Gasteiger partial charge in [-0.2, -0.15) is 0 Å². The highest BCUT2D eigenvalue weighted by Gasteiger charge is 2.13. The molecule has 0 unspecified atom stereocenters. The summed E-state index contributed by atoms with van der Waals surface area (Å²) in [6, 6.07) is 14.9. The van der Waals surface area contributed by atoms with Crippen LogP contribution < -0.4 is 5.32 Å². The third-order valence-electron chi connectivity index (χ3n) is 3.97. The first-order chi connectivity index (χ1) is 14.3. The van der Waals surface area contributed by atoms with Crippen molar-refractivity contribution in [3.05, 3.63) is 65.7 Å². The van der Waals surface area contributed by atoms with Crippen molar-refractivity contribution in [2.45, 2.75) is 26.7 Å². The lowest BCUT2D eigenvalue weighted by Crippen LogP contribution is -2.21. The number of carbonyl (C=O) groups excluding carboxylic acids is 4. The van der Waals surface area contributed by atoms with Crippen LogP contribution in [0.2, 0.25) is 0 Å². The lowest BCUT2D eigenvalue weighted by atomic mass is 10.1. The monoisotopic (exact) mass is 411 g/mol. The van der Waals surface area contributed by atoms with E-state index >= 15 is 0 Å². The highest BCUT2D eigenvalue weighted by atomic mass is 16.5. The van der Waals surface area contributed by atoms with E-state index in [9.17, 15) is 19.2 Å². The maximum atomic E-state index is 12.0. The van der Waals surface area contributed by atoms with Crippen molar-refractivity contribution < 1.29 is 28.7 Å². The number of hydrogen-bond acceptors (Lipinski definition) is 6. The molecule has 2 aromatic rings. The van der Waals surface area contributed by atoms with Gasteiger partial charge in [0.25, 0.3) is 5.91 Å². The van der Waals surface area contributed by atoms with Crippen LogP contribution in [-0.2, 0) is 19.1 Å². The standard InChI is InChI=1S/C23H25NO6/c1-16(2)14-30-23(28)18-8-10-19(11-9-18)24-21(26)15-29-22(27)13-12-20(25)17-6-4-3-5-7-17/h3-11,16H,12-15H2,1-2H3,(H,24,26). The van der Waals surface area contributed by atoms with Gasteiger partial charge in [-0.1, -0.05) is 44.2 Å². The van der Waals surface area contributed by atoms with Gasteiger partial charge < -0.3 is 14.8 Å². The lowest BCUT2D eigenvalue weighted by Gasteiger charge is -2.09. The van der Waals surface area contributed by atoms with Crippen molar-refractivity contribution in [2.24, 2.45) is 5.92 Å². The quantitative estimate of drug-likeness (QED) is 0.473. The molecule has 0 aliphatic carbocycles. The number of esters is 2. The fraction of sp³-hybridized carbons (Fsp3) is 0.304. The number of anilines is 1. The summed E-state index contributed by atoms with van der Waals surface area (Å²) in [6.07, 6.45) is -0.0902. The smallest absolute Gasteiger partial charge is 0.338 e. The second-order valence-corrected chi connectivity index (χ2v) is 7.07. The molecule has 2 rings (SSSR count). The Morgan fingerprint density at radius 2 is 1.50 bits per heavy atom. The number of benzene rings is 2. The average molecular weight is 411 g/mol. The van der Waals surface area contributed by atoms with Crippen LogP contribution >= 0.6 is 0 Å². The van der Waals surface area contributed by atoms with Gasteiger partial charge in [0.2, 0.25) is 0 Å². The zero-order valence-corrected chi connectivity index (χ0v) is 17.1. The molecule has 7 heteroatoms. The zero-order valence-electron chi connectivity index (χ0n) is 17.1. The summed E-state index contributed by atoms with van der Waals surface area (Å²) in [5, 5.41) is 2.57. The molecule has 0 fully saturated rings. The van der Waals surface area contributed by atoms with Crippen molar-refractivity contribution in [3.8, 4) is 0 Å². The van der Waals surface area contributed by atoms with Gasteiger partial charge in [-0.15, -0.1) is 0 Å². The first kappa shape index (κ1) is 22.8. The van der Waals surface area contributed by atoms with E-state index in [1.807, 2.05) is 13.8 Å². The molecule has 1 N–H and O–H groups in total. The number of hydrogen-bond donors (Lipinski definition) is 1. The largest absolute Gasteiger partial charge is 0.462 e. The van der Waals surface area contributed by atoms with Crippen LogP contribution in [0.3, 0.4) is 0 Å². The Bertz CT molecular complexity index is 874. The van der Waals surface area contributed by atoms with Gasteiger partial charge in [-0.3, -0.25) is 14.4 Å². The van der Waals surface area contributed by atoms with E-state index in [0.717, 1.165) is 0 Å². The molecule has 0 aromatic heterocycles. The molecule has 7 nitrogen and oxygen atoms in total. The zero-order chi connectivity index (χ0) is 21.9. The second kappa shape index (κ2) is 11.5. The average Bonchev–Trinajstić information content (AvgIpc) is 2.75. The third kappa shape index (κ3) is 7.87. The third-order valence-corrected chi connectivity index (χ3v) is 3.97. The van der Waals surface area contributed by atoms with Crippen LogP contribution in [0.5, 0.6) is 0 Å². The number of ketones is 1. The fourth-order valence-corrected chi connectivity index (χ4v) is 2.41. The predicted molar refractivity (Wildman–Crippen MR) is 111 cm³/mol. The van der Waals surface area contributed by atoms with Crippen molar-refractivity contribution >= 4 is 29.3 Å². The van der Waals surface area contributed by atoms with Gasteiger partial charge in [0, 0.05) is 17.7 Å². The maximum absolute atomic E-state index is 12.0. The van der Waals surface area contributed by atoms with E-state index in [4.69, 9.17) is 9.47 Å². The van der Waals surface area contributed by atoms with Gasteiger partial charge in [-0.25, -0.2) is 4.79 Å². The van der Waals surface area contributed by atoms with E-state index in [1.54, 1.807) is 54.6 Å². The minimum absolute atomic E-state index is 0.0127. The van der Waals surface area contributed by atoms with Crippen LogP contribution in [0.15, 0.2) is 54.6 Å². The van der Waals surface area contributed by atoms with Gasteiger partial charge in [0.1, 0.15) is 0 Å². The van der Waals surface area contributed by atoms with Gasteiger partial charge >= 0.3 is 11.9 Å². The lowest BCUT2D eigenvalue weighted by molar-refractivity contribution is -0.147. The second-order valence-electron chi connectivity index (χ2n) is 7.07. The molecule has 0 saturated carbocycles. The Morgan fingerprint density at radius 3 is 2.13 bits per heavy atom. The number of carbonyl (C=O) groups is 4. The first-order valence-corrected chi connectivity index (χ1v) is 9.66. The van der Waals surface area contributed by atoms with Crippen molar-refractivity contribution in [2.75, 3.05) is 18.5 Å². The van der Waals surface area contributed by atoms with E-state index in [1.165, 1.54) is 0 Å². The number of Topliss-reactive ketones (excluding diaryl/α,β-unsaturated/α-hetero) is 1. The molecule has 30 heavy (non-hydrogen) atoms. The summed E-state index contributed by atoms with van der Waals surface area (Å²) in [5.74, 6) is -1.50. The summed E-state index contributed by atoms with van der Waals surface area (Å²) in [4.78, 5) is 47.5. The van der Waals surface area contributed by atoms with E-state index in [-0.39, 0.29) is 24.5 Å². The Hall–Kier alpha value is -3.48. The molecule has 1 amide bonds. The molecule has 0 heterocycles. The van der Waals surface area contributed by atoms with Crippen molar-refractivity contribution in [1.29, 1.82) is 0 Å². The summed E-state index contributed by atoms with van der Waals surface area (Å²) in [5.41, 5.74) is 1.36. The van der Waals surface area contributed by atoms with Gasteiger partial charge in [0.05, 0.1) is 18.6 Å². The van der Waals surface area contributed by atoms with Crippen LogP contribution in [0, 0.1) is 5.92 Å².